The van der Waals surface area contributed by atoms with Gasteiger partial charge in [-0.1, -0.05) is 24.3 Å². The number of nitrogens with one attached hydrogen (secondary N) is 1. The normalized spacial score (nSPS) is 23.2. The summed E-state index contributed by atoms with van der Waals surface area (Å²) in [6, 6.07) is 9.24. The maximum Gasteiger partial charge on any atom is 0.401 e. The minimum absolute atomic E-state index is 0.413. The van der Waals surface area contributed by atoms with Gasteiger partial charge in [0.25, 0.3) is 0 Å². The number of fused-ring (bicyclic) bond motifs is 1. The number of aryl methyl sites for hydroxylation is 1. The standard InChI is InChI=1S/C13H13F3N2/c14-13(15,16)9-18-12(8-17)7-3-5-10-4-1-2-6-11(10)12/h1-2,4,6,18H,3,5,7,9H2. The Hall–Kier alpha value is -1.54. The van der Waals surface area contributed by atoms with Crippen LogP contribution >= 0.6 is 0 Å². The fourth-order valence-electron chi connectivity index (χ4n) is 2.42. The molecule has 1 aliphatic rings. The first kappa shape index (κ1) is 12.9. The third-order valence-electron chi connectivity index (χ3n) is 3.26. The second kappa shape index (κ2) is 4.62. The zero-order valence-electron chi connectivity index (χ0n) is 9.72. The van der Waals surface area contributed by atoms with Crippen molar-refractivity contribution in [1.29, 1.82) is 5.26 Å². The molecule has 0 spiro atoms. The Kier molecular flexibility index (Phi) is 3.31. The van der Waals surface area contributed by atoms with Crippen molar-refractivity contribution in [3.8, 4) is 6.07 Å². The summed E-state index contributed by atoms with van der Waals surface area (Å²) in [6.45, 7) is -1.14. The molecule has 1 aromatic rings. The largest absolute Gasteiger partial charge is 0.401 e. The van der Waals surface area contributed by atoms with Crippen LogP contribution in [0.1, 0.15) is 24.0 Å². The Labute approximate surface area is 103 Å². The van der Waals surface area contributed by atoms with Gasteiger partial charge in [-0.15, -0.1) is 0 Å². The lowest BCUT2D eigenvalue weighted by Gasteiger charge is -2.34. The number of halogens is 3. The van der Waals surface area contributed by atoms with Gasteiger partial charge in [0.05, 0.1) is 12.6 Å². The van der Waals surface area contributed by atoms with Gasteiger partial charge in [-0.3, -0.25) is 5.32 Å². The summed E-state index contributed by atoms with van der Waals surface area (Å²) < 4.78 is 37.0. The molecule has 0 aromatic heterocycles. The Morgan fingerprint density at radius 2 is 2.06 bits per heavy atom. The van der Waals surface area contributed by atoms with Crippen molar-refractivity contribution in [1.82, 2.24) is 5.32 Å². The minimum Gasteiger partial charge on any atom is -0.287 e. The van der Waals surface area contributed by atoms with Crippen molar-refractivity contribution in [3.63, 3.8) is 0 Å². The second-order valence-corrected chi connectivity index (χ2v) is 4.50. The molecular weight excluding hydrogens is 241 g/mol. The van der Waals surface area contributed by atoms with Gasteiger partial charge in [-0.2, -0.15) is 18.4 Å². The molecule has 0 aliphatic heterocycles. The summed E-state index contributed by atoms with van der Waals surface area (Å²) in [5.41, 5.74) is 0.438. The summed E-state index contributed by atoms with van der Waals surface area (Å²) >= 11 is 0. The fraction of sp³-hybridized carbons (Fsp3) is 0.462. The minimum atomic E-state index is -4.31. The highest BCUT2D eigenvalue weighted by Gasteiger charge is 2.39. The van der Waals surface area contributed by atoms with Crippen LogP contribution in [0.15, 0.2) is 24.3 Å². The van der Waals surface area contributed by atoms with E-state index in [0.717, 1.165) is 18.4 Å². The van der Waals surface area contributed by atoms with E-state index < -0.39 is 18.3 Å². The lowest BCUT2D eigenvalue weighted by Crippen LogP contribution is -2.47. The van der Waals surface area contributed by atoms with Crippen LogP contribution in [0.25, 0.3) is 0 Å². The molecule has 0 amide bonds. The maximum absolute atomic E-state index is 12.3. The average molecular weight is 254 g/mol. The molecule has 1 atom stereocenters. The summed E-state index contributed by atoms with van der Waals surface area (Å²) in [4.78, 5) is 0. The Morgan fingerprint density at radius 1 is 1.33 bits per heavy atom. The molecular formula is C13H13F3N2. The third-order valence-corrected chi connectivity index (χ3v) is 3.26. The number of alkyl halides is 3. The van der Waals surface area contributed by atoms with Crippen molar-refractivity contribution in [2.75, 3.05) is 6.54 Å². The number of hydrogen-bond donors (Lipinski definition) is 1. The lowest BCUT2D eigenvalue weighted by atomic mass is 9.77. The van der Waals surface area contributed by atoms with Crippen LogP contribution in [-0.2, 0) is 12.0 Å². The molecule has 2 rings (SSSR count). The zero-order chi connectivity index (χ0) is 13.2. The van der Waals surface area contributed by atoms with Gasteiger partial charge in [-0.25, -0.2) is 0 Å². The summed E-state index contributed by atoms with van der Waals surface area (Å²) in [5, 5.41) is 11.7. The molecule has 96 valence electrons. The molecule has 1 aliphatic carbocycles. The van der Waals surface area contributed by atoms with Crippen LogP contribution in [-0.4, -0.2) is 12.7 Å². The van der Waals surface area contributed by atoms with Crippen molar-refractivity contribution < 1.29 is 13.2 Å². The molecule has 0 heterocycles. The van der Waals surface area contributed by atoms with Gasteiger partial charge in [-0.05, 0) is 30.4 Å². The van der Waals surface area contributed by atoms with Gasteiger partial charge in [0.2, 0.25) is 0 Å². The average Bonchev–Trinajstić information content (AvgIpc) is 2.35. The van der Waals surface area contributed by atoms with Crippen molar-refractivity contribution in [2.24, 2.45) is 0 Å². The van der Waals surface area contributed by atoms with E-state index in [-0.39, 0.29) is 0 Å². The van der Waals surface area contributed by atoms with E-state index in [4.69, 9.17) is 0 Å². The quantitative estimate of drug-likeness (QED) is 0.880. The molecule has 1 N–H and O–H groups in total. The highest BCUT2D eigenvalue weighted by atomic mass is 19.4. The molecule has 0 bridgehead atoms. The van der Waals surface area contributed by atoms with Gasteiger partial charge in [0.1, 0.15) is 5.54 Å². The molecule has 0 saturated carbocycles. The molecule has 0 radical (unpaired) electrons. The molecule has 1 unspecified atom stereocenters. The van der Waals surface area contributed by atoms with Crippen molar-refractivity contribution >= 4 is 0 Å². The Bertz CT molecular complexity index is 476. The Morgan fingerprint density at radius 3 is 2.72 bits per heavy atom. The highest BCUT2D eigenvalue weighted by Crippen LogP contribution is 2.35. The van der Waals surface area contributed by atoms with E-state index in [9.17, 15) is 18.4 Å². The van der Waals surface area contributed by atoms with Crippen molar-refractivity contribution in [3.05, 3.63) is 35.4 Å². The third kappa shape index (κ3) is 2.49. The first-order chi connectivity index (χ1) is 8.47. The van der Waals surface area contributed by atoms with Crippen LogP contribution in [0.2, 0.25) is 0 Å². The summed E-state index contributed by atoms with van der Waals surface area (Å²) in [7, 11) is 0. The zero-order valence-corrected chi connectivity index (χ0v) is 9.72. The topological polar surface area (TPSA) is 35.8 Å². The van der Waals surface area contributed by atoms with Crippen LogP contribution in [0.5, 0.6) is 0 Å². The van der Waals surface area contributed by atoms with Crippen LogP contribution < -0.4 is 5.32 Å². The van der Waals surface area contributed by atoms with Gasteiger partial charge in [0, 0.05) is 0 Å². The summed E-state index contributed by atoms with van der Waals surface area (Å²) in [5.74, 6) is 0. The SMILES string of the molecule is N#CC1(NCC(F)(F)F)CCCc2ccccc21. The number of nitrogens with zero attached hydrogens (tertiary/aromatic N) is 1. The van der Waals surface area contributed by atoms with Crippen LogP contribution in [0.4, 0.5) is 13.2 Å². The molecule has 1 aromatic carbocycles. The maximum atomic E-state index is 12.3. The van der Waals surface area contributed by atoms with Gasteiger partial charge in [0.15, 0.2) is 0 Å². The second-order valence-electron chi connectivity index (χ2n) is 4.50. The van der Waals surface area contributed by atoms with Crippen LogP contribution in [0.3, 0.4) is 0 Å². The number of hydrogen-bond acceptors (Lipinski definition) is 2. The smallest absolute Gasteiger partial charge is 0.287 e. The van der Waals surface area contributed by atoms with Crippen molar-refractivity contribution in [2.45, 2.75) is 31.0 Å². The monoisotopic (exact) mass is 254 g/mol. The summed E-state index contributed by atoms with van der Waals surface area (Å²) in [6.07, 6.45) is -2.37. The van der Waals surface area contributed by atoms with E-state index in [0.29, 0.717) is 12.0 Å². The predicted molar refractivity (Wildman–Crippen MR) is 60.7 cm³/mol. The first-order valence-electron chi connectivity index (χ1n) is 5.78. The number of rotatable bonds is 2. The van der Waals surface area contributed by atoms with Crippen LogP contribution in [0, 0.1) is 11.3 Å². The lowest BCUT2D eigenvalue weighted by molar-refractivity contribution is -0.128. The van der Waals surface area contributed by atoms with E-state index in [1.807, 2.05) is 18.2 Å². The molecule has 0 saturated heterocycles. The van der Waals surface area contributed by atoms with Gasteiger partial charge < -0.3 is 0 Å². The fourth-order valence-corrected chi connectivity index (χ4v) is 2.42. The van der Waals surface area contributed by atoms with Gasteiger partial charge >= 0.3 is 6.18 Å². The molecule has 18 heavy (non-hydrogen) atoms. The molecule has 2 nitrogen and oxygen atoms in total. The molecule has 5 heteroatoms. The number of nitriles is 1. The predicted octanol–water partition coefficient (Wildman–Crippen LogP) is 2.89. The Balaban J connectivity index is 2.32. The van der Waals surface area contributed by atoms with E-state index in [2.05, 4.69) is 5.32 Å². The molecule has 0 fully saturated rings. The van der Waals surface area contributed by atoms with E-state index in [1.54, 1.807) is 12.1 Å². The van der Waals surface area contributed by atoms with E-state index >= 15 is 0 Å². The highest BCUT2D eigenvalue weighted by molar-refractivity contribution is 5.40. The number of benzene rings is 1. The van der Waals surface area contributed by atoms with E-state index in [1.165, 1.54) is 0 Å². The first-order valence-corrected chi connectivity index (χ1v) is 5.78.